The normalized spacial score (nSPS) is 31.3. The van der Waals surface area contributed by atoms with Gasteiger partial charge in [0.15, 0.2) is 0 Å². The summed E-state index contributed by atoms with van der Waals surface area (Å²) in [6, 6.07) is 17.5. The number of fused-ring (bicyclic) bond motifs is 4. The van der Waals surface area contributed by atoms with Crippen LogP contribution in [0.4, 0.5) is 0 Å². The van der Waals surface area contributed by atoms with Crippen molar-refractivity contribution in [3.05, 3.63) is 101 Å². The van der Waals surface area contributed by atoms with Crippen LogP contribution in [-0.2, 0) is 49.5 Å². The van der Waals surface area contributed by atoms with Crippen molar-refractivity contribution < 1.29 is 58.2 Å². The molecule has 2 bridgehead atoms. The van der Waals surface area contributed by atoms with Gasteiger partial charge in [0.2, 0.25) is 11.7 Å². The number of halogens is 1. The summed E-state index contributed by atoms with van der Waals surface area (Å²) in [7, 11) is 3.16. The number of methoxy groups -OCH3 is 2. The van der Waals surface area contributed by atoms with E-state index in [1.54, 1.807) is 21.1 Å². The van der Waals surface area contributed by atoms with Gasteiger partial charge in [0.25, 0.3) is 11.7 Å². The lowest BCUT2D eigenvalue weighted by Crippen LogP contribution is -2.62. The summed E-state index contributed by atoms with van der Waals surface area (Å²) in [5.74, 6) is -7.71. The average Bonchev–Trinajstić information content (AvgIpc) is 1.59. The van der Waals surface area contributed by atoms with Crippen LogP contribution in [0.15, 0.2) is 90.3 Å². The molecule has 0 spiro atoms. The highest BCUT2D eigenvalue weighted by Crippen LogP contribution is 2.40. The van der Waals surface area contributed by atoms with Gasteiger partial charge >= 0.3 is 5.97 Å². The zero-order valence-electron chi connectivity index (χ0n) is 52.7. The molecule has 5 aliphatic rings. The molecule has 1 aliphatic carbocycles. The number of rotatable bonds is 13. The van der Waals surface area contributed by atoms with E-state index in [1.807, 2.05) is 68.4 Å². The molecular weight excluding hydrogens is 1140 g/mol. The summed E-state index contributed by atoms with van der Waals surface area (Å²) in [6.45, 7) is 12.9. The zero-order chi connectivity index (χ0) is 62.8. The molecule has 478 valence electrons. The number of carbonyl (C=O) groups is 5. The Balaban J connectivity index is 0.881. The fourth-order valence-corrected chi connectivity index (χ4v) is 14.5. The van der Waals surface area contributed by atoms with Gasteiger partial charge in [0.1, 0.15) is 17.5 Å². The Labute approximate surface area is 524 Å². The zero-order valence-corrected chi connectivity index (χ0v) is 53.4. The van der Waals surface area contributed by atoms with Crippen molar-refractivity contribution in [1.82, 2.24) is 24.7 Å². The number of allylic oxidation sites excluding steroid dienone is 3. The second-order valence-electron chi connectivity index (χ2n) is 26.0. The van der Waals surface area contributed by atoms with Crippen molar-refractivity contribution in [2.75, 3.05) is 53.6 Å². The van der Waals surface area contributed by atoms with Gasteiger partial charge in [0, 0.05) is 118 Å². The number of amides is 2. The number of nitrogens with zero attached hydrogens (tertiary/aromatic N) is 4. The lowest BCUT2D eigenvalue weighted by Gasteiger charge is -2.45. The van der Waals surface area contributed by atoms with E-state index in [4.69, 9.17) is 35.5 Å². The van der Waals surface area contributed by atoms with E-state index in [2.05, 4.69) is 53.2 Å². The van der Waals surface area contributed by atoms with Crippen molar-refractivity contribution in [3.8, 4) is 22.3 Å². The Morgan fingerprint density at radius 2 is 1.64 bits per heavy atom. The van der Waals surface area contributed by atoms with Crippen molar-refractivity contribution in [2.45, 2.75) is 180 Å². The quantitative estimate of drug-likeness (QED) is 0.0556. The lowest BCUT2D eigenvalue weighted by atomic mass is 9.78. The topological polar surface area (TPSA) is 221 Å². The van der Waals surface area contributed by atoms with Gasteiger partial charge in [-0.2, -0.15) is 0 Å². The number of piperidine rings is 1. The maximum Gasteiger partial charge on any atom is 0.328 e. The van der Waals surface area contributed by atoms with E-state index in [0.29, 0.717) is 82.3 Å². The molecule has 18 heteroatoms. The molecule has 0 unspecified atom stereocenters. The van der Waals surface area contributed by atoms with Crippen LogP contribution in [-0.4, -0.2) is 165 Å². The SMILES string of the molecule is CC[C@@H]1CC[C@H]2O[C@@](O)(C(=O)C(=O)N3CCCC[C@H]3C(=O)OC[C@H](/C(C)=C/[C@@H]3CC[C@@H](O)[C@H](OC)C3)[C@H](C)[C@@H](O)CC(=O)[C@H](CCCC(=O)N3CCN(Cc4ccc(-c5cnc6[nH]cc(-c7cccc(Cl)c7)c6c5)cc4)CC3)/C=C(\C)C1)[C@H](C)C[C@@H]2OC. The minimum atomic E-state index is -2.45. The molecular formula is C70H94ClN5O12. The Bertz CT molecular complexity index is 3120. The van der Waals surface area contributed by atoms with Crippen molar-refractivity contribution in [2.24, 2.45) is 35.5 Å². The van der Waals surface area contributed by atoms with Crippen LogP contribution in [0.3, 0.4) is 0 Å². The average molecular weight is 1230 g/mol. The van der Waals surface area contributed by atoms with Gasteiger partial charge in [-0.3, -0.25) is 24.1 Å². The molecule has 0 radical (unpaired) electrons. The van der Waals surface area contributed by atoms with E-state index < -0.39 is 77.6 Å². The number of aliphatic hydroxyl groups excluding tert-OH is 2. The molecule has 2 aromatic carbocycles. The summed E-state index contributed by atoms with van der Waals surface area (Å²) in [4.78, 5) is 85.3. The second kappa shape index (κ2) is 30.5. The third-order valence-electron chi connectivity index (χ3n) is 20.0. The van der Waals surface area contributed by atoms with Gasteiger partial charge in [-0.25, -0.2) is 9.78 Å². The Hall–Kier alpha value is -5.63. The number of nitrogens with one attached hydrogen (secondary N) is 1. The molecule has 4 aliphatic heterocycles. The fraction of sp³-hybridized carbons (Fsp3) is 0.600. The standard InChI is InChI=1S/C70H94ClN5O12/c1-8-47-21-25-62-64(86-7)34-45(4)70(84,88-62)66(81)68(82)76-26-10-9-16-58(76)69(83)87-42-57(44(3)33-49-20-24-59(77)63(35-49)85-6)46(5)60(78)38-61(79)52(32-43(2)31-47)14-12-17-65(80)75-29-27-74(28-30-75)41-48-18-22-50(23-19-48)53-37-55-56(40-73-67(55)72-39-53)51-13-11-15-54(71)36-51/h11,13,15,18-19,22-23,32-33,36-37,39-40,45-47,49,52,57-60,62-64,77-78,84H,8-10,12,14,16-17,20-21,24-31,34-35,38,41-42H2,1-7H3,(H,72,73)/b43-32+,44-33+/t45-,46+,47-,49+,52-,57-,58+,59-,60+,62-,63-,64+,70-/m1/s1. The van der Waals surface area contributed by atoms with Crippen LogP contribution in [0.1, 0.15) is 136 Å². The van der Waals surface area contributed by atoms with Crippen LogP contribution in [0.5, 0.6) is 0 Å². The first-order valence-electron chi connectivity index (χ1n) is 32.3. The molecule has 4 aromatic rings. The number of piperazine rings is 1. The third-order valence-corrected chi connectivity index (χ3v) is 20.3. The number of cyclic esters (lactones) is 1. The van der Waals surface area contributed by atoms with Crippen molar-refractivity contribution >= 4 is 52.0 Å². The monoisotopic (exact) mass is 1230 g/mol. The van der Waals surface area contributed by atoms with E-state index in [1.165, 1.54) is 10.5 Å². The lowest BCUT2D eigenvalue weighted by molar-refractivity contribution is -0.287. The molecule has 4 N–H and O–H groups in total. The van der Waals surface area contributed by atoms with Gasteiger partial charge in [-0.1, -0.05) is 98.5 Å². The number of hydrogen-bond acceptors (Lipinski definition) is 14. The van der Waals surface area contributed by atoms with Gasteiger partial charge in [-0.15, -0.1) is 0 Å². The molecule has 6 heterocycles. The Morgan fingerprint density at radius 1 is 0.875 bits per heavy atom. The van der Waals surface area contributed by atoms with Crippen LogP contribution in [0.25, 0.3) is 33.3 Å². The number of hydrogen-bond donors (Lipinski definition) is 4. The predicted molar refractivity (Wildman–Crippen MR) is 338 cm³/mol. The summed E-state index contributed by atoms with van der Waals surface area (Å²) in [5.41, 5.74) is 7.98. The molecule has 13 atom stereocenters. The first-order valence-corrected chi connectivity index (χ1v) is 32.7. The molecule has 1 saturated carbocycles. The summed E-state index contributed by atoms with van der Waals surface area (Å²) in [6.07, 6.45) is 11.8. The fourth-order valence-electron chi connectivity index (χ4n) is 14.3. The predicted octanol–water partition coefficient (Wildman–Crippen LogP) is 10.5. The number of esters is 1. The summed E-state index contributed by atoms with van der Waals surface area (Å²) < 4.78 is 24.0. The van der Waals surface area contributed by atoms with Gasteiger partial charge in [-0.05, 0) is 144 Å². The first kappa shape index (κ1) is 66.8. The maximum absolute atomic E-state index is 14.8. The maximum atomic E-state index is 14.8. The highest BCUT2D eigenvalue weighted by molar-refractivity contribution is 6.39. The molecule has 88 heavy (non-hydrogen) atoms. The second-order valence-corrected chi connectivity index (χ2v) is 26.5. The molecule has 2 amide bonds. The Kier molecular flexibility index (Phi) is 23.1. The molecule has 4 fully saturated rings. The van der Waals surface area contributed by atoms with E-state index in [-0.39, 0.29) is 68.5 Å². The number of benzene rings is 2. The summed E-state index contributed by atoms with van der Waals surface area (Å²) in [5, 5.41) is 36.7. The number of ether oxygens (including phenoxy) is 4. The smallest absolute Gasteiger partial charge is 0.328 e. The number of aliphatic hydroxyl groups is 3. The largest absolute Gasteiger partial charge is 0.464 e. The number of aromatic nitrogens is 2. The first-order chi connectivity index (χ1) is 42.3. The number of aromatic amines is 1. The molecule has 9 rings (SSSR count). The summed E-state index contributed by atoms with van der Waals surface area (Å²) >= 11 is 6.33. The molecule has 2 aromatic heterocycles. The van der Waals surface area contributed by atoms with Crippen LogP contribution < -0.4 is 0 Å². The van der Waals surface area contributed by atoms with E-state index in [0.717, 1.165) is 70.5 Å². The number of carbonyl (C=O) groups excluding carboxylic acids is 5. The molecule has 3 saturated heterocycles. The minimum absolute atomic E-state index is 0.0312. The number of Topliss-reactive ketones (excluding diaryl/α,β-unsaturated/α-hetero) is 2. The van der Waals surface area contributed by atoms with Gasteiger partial charge in [0.05, 0.1) is 37.1 Å². The number of ketones is 2. The van der Waals surface area contributed by atoms with Crippen LogP contribution in [0, 0.1) is 35.5 Å². The van der Waals surface area contributed by atoms with E-state index in [9.17, 15) is 39.3 Å². The number of H-pyrrole nitrogens is 1. The minimum Gasteiger partial charge on any atom is -0.464 e. The number of pyridine rings is 1. The molecule has 17 nitrogen and oxygen atoms in total. The third kappa shape index (κ3) is 16.1. The highest BCUT2D eigenvalue weighted by atomic mass is 35.5. The van der Waals surface area contributed by atoms with Crippen LogP contribution in [0.2, 0.25) is 5.02 Å². The Morgan fingerprint density at radius 3 is 2.36 bits per heavy atom. The van der Waals surface area contributed by atoms with E-state index >= 15 is 0 Å². The highest BCUT2D eigenvalue weighted by Gasteiger charge is 2.55. The van der Waals surface area contributed by atoms with Gasteiger partial charge < -0.3 is 49.1 Å². The van der Waals surface area contributed by atoms with Crippen LogP contribution >= 0.6 is 11.6 Å². The van der Waals surface area contributed by atoms with Crippen molar-refractivity contribution in [1.29, 1.82) is 0 Å². The van der Waals surface area contributed by atoms with Crippen molar-refractivity contribution in [3.63, 3.8) is 0 Å².